The van der Waals surface area contributed by atoms with Gasteiger partial charge in [0.15, 0.2) is 0 Å². The number of aliphatic hydroxyl groups is 1. The van der Waals surface area contributed by atoms with Gasteiger partial charge in [0.2, 0.25) is 0 Å². The highest BCUT2D eigenvalue weighted by molar-refractivity contribution is 6.17. The van der Waals surface area contributed by atoms with Gasteiger partial charge in [0.25, 0.3) is 0 Å². The number of benzene rings is 1. The monoisotopic (exact) mass is 198 g/mol. The molecular weight excluding hydrogens is 184 g/mol. The van der Waals surface area contributed by atoms with Gasteiger partial charge < -0.3 is 5.11 Å². The molecule has 0 aliphatic heterocycles. The Labute approximate surface area is 84.4 Å². The number of halogens is 1. The van der Waals surface area contributed by atoms with Crippen molar-refractivity contribution in [2.24, 2.45) is 0 Å². The van der Waals surface area contributed by atoms with Gasteiger partial charge in [-0.2, -0.15) is 0 Å². The van der Waals surface area contributed by atoms with Crippen molar-refractivity contribution in [2.75, 3.05) is 5.88 Å². The van der Waals surface area contributed by atoms with Crippen LogP contribution in [-0.2, 0) is 0 Å². The fraction of sp³-hybridized carbons (Fsp3) is 0.455. The molecule has 0 saturated heterocycles. The van der Waals surface area contributed by atoms with Gasteiger partial charge in [0.1, 0.15) is 0 Å². The average molecular weight is 199 g/mol. The standard InChI is InChI=1S/C11H15ClO/c1-9-4-6-10(7-5-9)11(13)3-2-8-12/h4-7,11,13H,2-3,8H2,1H3. The molecule has 1 nitrogen and oxygen atoms in total. The maximum absolute atomic E-state index is 9.68. The molecule has 0 aliphatic rings. The Morgan fingerprint density at radius 1 is 1.31 bits per heavy atom. The molecule has 0 heterocycles. The van der Waals surface area contributed by atoms with E-state index >= 15 is 0 Å². The van der Waals surface area contributed by atoms with Crippen molar-refractivity contribution >= 4 is 11.6 Å². The molecule has 0 bridgehead atoms. The molecule has 0 aromatic heterocycles. The first-order valence-corrected chi connectivity index (χ1v) is 5.08. The van der Waals surface area contributed by atoms with Gasteiger partial charge in [-0.3, -0.25) is 0 Å². The van der Waals surface area contributed by atoms with Crippen molar-refractivity contribution in [1.29, 1.82) is 0 Å². The van der Waals surface area contributed by atoms with Gasteiger partial charge in [0.05, 0.1) is 6.10 Å². The van der Waals surface area contributed by atoms with E-state index in [1.54, 1.807) is 0 Å². The summed E-state index contributed by atoms with van der Waals surface area (Å²) >= 11 is 5.55. The van der Waals surface area contributed by atoms with Crippen LogP contribution in [-0.4, -0.2) is 11.0 Å². The fourth-order valence-corrected chi connectivity index (χ4v) is 1.38. The number of hydrogen-bond acceptors (Lipinski definition) is 1. The first-order valence-electron chi connectivity index (χ1n) is 4.54. The number of rotatable bonds is 4. The molecule has 1 aromatic rings. The number of hydrogen-bond donors (Lipinski definition) is 1. The molecule has 1 atom stereocenters. The van der Waals surface area contributed by atoms with Crippen LogP contribution in [0.25, 0.3) is 0 Å². The summed E-state index contributed by atoms with van der Waals surface area (Å²) in [6.45, 7) is 2.04. The van der Waals surface area contributed by atoms with Crippen molar-refractivity contribution in [3.8, 4) is 0 Å². The molecule has 0 saturated carbocycles. The summed E-state index contributed by atoms with van der Waals surface area (Å²) in [6.07, 6.45) is 1.24. The van der Waals surface area contributed by atoms with E-state index in [4.69, 9.17) is 11.6 Å². The molecule has 72 valence electrons. The average Bonchev–Trinajstić information content (AvgIpc) is 2.15. The van der Waals surface area contributed by atoms with Gasteiger partial charge in [-0.25, -0.2) is 0 Å². The Kier molecular flexibility index (Phi) is 4.26. The number of aryl methyl sites for hydroxylation is 1. The maximum atomic E-state index is 9.68. The van der Waals surface area contributed by atoms with Gasteiger partial charge >= 0.3 is 0 Å². The molecule has 1 N–H and O–H groups in total. The third kappa shape index (κ3) is 3.37. The lowest BCUT2D eigenvalue weighted by atomic mass is 10.0. The molecule has 0 aliphatic carbocycles. The second kappa shape index (κ2) is 5.25. The Morgan fingerprint density at radius 2 is 1.92 bits per heavy atom. The highest BCUT2D eigenvalue weighted by Crippen LogP contribution is 2.18. The van der Waals surface area contributed by atoms with E-state index in [0.29, 0.717) is 5.88 Å². The summed E-state index contributed by atoms with van der Waals surface area (Å²) in [5.74, 6) is 0.614. The summed E-state index contributed by atoms with van der Waals surface area (Å²) in [4.78, 5) is 0. The van der Waals surface area contributed by atoms with Gasteiger partial charge in [-0.15, -0.1) is 11.6 Å². The zero-order valence-electron chi connectivity index (χ0n) is 7.83. The fourth-order valence-electron chi connectivity index (χ4n) is 1.23. The molecule has 0 spiro atoms. The zero-order chi connectivity index (χ0) is 9.68. The van der Waals surface area contributed by atoms with Gasteiger partial charge in [0, 0.05) is 5.88 Å². The van der Waals surface area contributed by atoms with Crippen molar-refractivity contribution in [2.45, 2.75) is 25.9 Å². The normalized spacial score (nSPS) is 12.8. The third-order valence-electron chi connectivity index (χ3n) is 2.07. The first kappa shape index (κ1) is 10.6. The van der Waals surface area contributed by atoms with Crippen LogP contribution in [0, 0.1) is 6.92 Å². The maximum Gasteiger partial charge on any atom is 0.0790 e. The smallest absolute Gasteiger partial charge is 0.0790 e. The van der Waals surface area contributed by atoms with Crippen LogP contribution < -0.4 is 0 Å². The molecule has 0 amide bonds. The number of aliphatic hydroxyl groups excluding tert-OH is 1. The van der Waals surface area contributed by atoms with Crippen LogP contribution in [0.3, 0.4) is 0 Å². The molecule has 13 heavy (non-hydrogen) atoms. The molecule has 0 fully saturated rings. The van der Waals surface area contributed by atoms with Crippen LogP contribution in [0.1, 0.15) is 30.1 Å². The summed E-state index contributed by atoms with van der Waals surface area (Å²) < 4.78 is 0. The largest absolute Gasteiger partial charge is 0.388 e. The summed E-state index contributed by atoms with van der Waals surface area (Å²) in [5.41, 5.74) is 2.20. The first-order chi connectivity index (χ1) is 6.24. The molecule has 1 aromatic carbocycles. The molecular formula is C11H15ClO. The van der Waals surface area contributed by atoms with Crippen molar-refractivity contribution in [3.05, 3.63) is 35.4 Å². The van der Waals surface area contributed by atoms with E-state index in [-0.39, 0.29) is 6.10 Å². The Bertz CT molecular complexity index is 243. The molecule has 2 heteroatoms. The second-order valence-electron chi connectivity index (χ2n) is 3.26. The Morgan fingerprint density at radius 3 is 2.46 bits per heavy atom. The lowest BCUT2D eigenvalue weighted by molar-refractivity contribution is 0.167. The van der Waals surface area contributed by atoms with Crippen LogP contribution in [0.15, 0.2) is 24.3 Å². The van der Waals surface area contributed by atoms with Crippen molar-refractivity contribution < 1.29 is 5.11 Å². The van der Waals surface area contributed by atoms with E-state index in [0.717, 1.165) is 18.4 Å². The lowest BCUT2D eigenvalue weighted by Gasteiger charge is -2.09. The minimum atomic E-state index is -0.362. The summed E-state index contributed by atoms with van der Waals surface area (Å²) in [7, 11) is 0. The SMILES string of the molecule is Cc1ccc(C(O)CCCCl)cc1. The second-order valence-corrected chi connectivity index (χ2v) is 3.64. The summed E-state index contributed by atoms with van der Waals surface area (Å²) in [6, 6.07) is 7.96. The Hall–Kier alpha value is -0.530. The van der Waals surface area contributed by atoms with E-state index in [9.17, 15) is 5.11 Å². The highest BCUT2D eigenvalue weighted by Gasteiger charge is 2.05. The topological polar surface area (TPSA) is 20.2 Å². The van der Waals surface area contributed by atoms with E-state index in [2.05, 4.69) is 0 Å². The zero-order valence-corrected chi connectivity index (χ0v) is 8.59. The molecule has 1 rings (SSSR count). The van der Waals surface area contributed by atoms with E-state index in [1.165, 1.54) is 5.56 Å². The molecule has 1 unspecified atom stereocenters. The third-order valence-corrected chi connectivity index (χ3v) is 2.34. The minimum absolute atomic E-state index is 0.362. The van der Waals surface area contributed by atoms with Gasteiger partial charge in [-0.05, 0) is 25.3 Å². The van der Waals surface area contributed by atoms with Crippen molar-refractivity contribution in [1.82, 2.24) is 0 Å². The predicted molar refractivity (Wildman–Crippen MR) is 56.1 cm³/mol. The van der Waals surface area contributed by atoms with Crippen LogP contribution in [0.2, 0.25) is 0 Å². The summed E-state index contributed by atoms with van der Waals surface area (Å²) in [5, 5.41) is 9.68. The van der Waals surface area contributed by atoms with Crippen LogP contribution in [0.5, 0.6) is 0 Å². The lowest BCUT2D eigenvalue weighted by Crippen LogP contribution is -1.97. The van der Waals surface area contributed by atoms with E-state index < -0.39 is 0 Å². The Balaban J connectivity index is 2.55. The van der Waals surface area contributed by atoms with Gasteiger partial charge in [-0.1, -0.05) is 29.8 Å². The predicted octanol–water partition coefficient (Wildman–Crippen LogP) is 3.05. The highest BCUT2D eigenvalue weighted by atomic mass is 35.5. The van der Waals surface area contributed by atoms with Crippen LogP contribution in [0.4, 0.5) is 0 Å². The molecule has 0 radical (unpaired) electrons. The number of alkyl halides is 1. The van der Waals surface area contributed by atoms with E-state index in [1.807, 2.05) is 31.2 Å². The quantitative estimate of drug-likeness (QED) is 0.738. The minimum Gasteiger partial charge on any atom is -0.388 e. The van der Waals surface area contributed by atoms with Crippen molar-refractivity contribution in [3.63, 3.8) is 0 Å². The van der Waals surface area contributed by atoms with Crippen LogP contribution >= 0.6 is 11.6 Å².